The van der Waals surface area contributed by atoms with Gasteiger partial charge < -0.3 is 23.5 Å². The van der Waals surface area contributed by atoms with E-state index in [9.17, 15) is 14.4 Å². The molecule has 2 rings (SSSR count). The molecule has 1 fully saturated rings. The number of benzene rings is 1. The first-order valence-corrected chi connectivity index (χ1v) is 14.2. The van der Waals surface area contributed by atoms with Gasteiger partial charge >= 0.3 is 25.3 Å². The molecule has 1 saturated heterocycles. The summed E-state index contributed by atoms with van der Waals surface area (Å²) in [5.74, 6) is -0.785. The molecule has 0 bridgehead atoms. The fraction of sp³-hybridized carbons (Fsp3) is 0.690. The van der Waals surface area contributed by atoms with E-state index in [1.807, 2.05) is 39.8 Å². The lowest BCUT2D eigenvalue weighted by Crippen LogP contribution is -2.54. The molecule has 2 amide bonds. The first-order valence-electron chi connectivity index (χ1n) is 13.4. The number of carbonyl (C=O) groups is 3. The fourth-order valence-corrected chi connectivity index (χ4v) is 4.13. The van der Waals surface area contributed by atoms with E-state index in [1.165, 1.54) is 0 Å². The number of hydrogen-bond acceptors (Lipinski definition) is 8. The van der Waals surface area contributed by atoms with Crippen molar-refractivity contribution in [1.29, 1.82) is 0 Å². The topological polar surface area (TPSA) is 101 Å². The van der Waals surface area contributed by atoms with Gasteiger partial charge in [-0.15, -0.1) is 0 Å². The number of esters is 1. The Morgan fingerprint density at radius 3 is 1.65 bits per heavy atom. The van der Waals surface area contributed by atoms with Crippen molar-refractivity contribution in [2.45, 2.75) is 130 Å². The Kier molecular flexibility index (Phi) is 9.93. The predicted octanol–water partition coefficient (Wildman–Crippen LogP) is 6.17. The van der Waals surface area contributed by atoms with Gasteiger partial charge in [-0.05, 0) is 113 Å². The number of carbonyl (C=O) groups excluding carboxylic acids is 3. The second-order valence-electron chi connectivity index (χ2n) is 14.0. The van der Waals surface area contributed by atoms with Crippen LogP contribution in [0.1, 0.15) is 95.6 Å². The zero-order valence-electron chi connectivity index (χ0n) is 26.2. The van der Waals surface area contributed by atoms with Gasteiger partial charge in [-0.25, -0.2) is 14.4 Å². The average molecular weight is 626 g/mol. The molecule has 1 aromatic rings. The Morgan fingerprint density at radius 2 is 1.25 bits per heavy atom. The van der Waals surface area contributed by atoms with Gasteiger partial charge in [0.1, 0.15) is 22.8 Å². The molecule has 11 heteroatoms. The summed E-state index contributed by atoms with van der Waals surface area (Å²) in [5.41, 5.74) is -2.73. The first kappa shape index (κ1) is 34.1. The molecule has 0 aliphatic carbocycles. The van der Waals surface area contributed by atoms with Crippen molar-refractivity contribution in [1.82, 2.24) is 4.90 Å². The quantitative estimate of drug-likeness (QED) is 0.217. The Bertz CT molecular complexity index is 1070. The third kappa shape index (κ3) is 9.21. The second-order valence-corrected chi connectivity index (χ2v) is 14.9. The van der Waals surface area contributed by atoms with Crippen LogP contribution in [0.4, 0.5) is 9.59 Å². The molecule has 9 nitrogen and oxygen atoms in total. The van der Waals surface area contributed by atoms with Crippen LogP contribution in [0.2, 0.25) is 0 Å². The first-order chi connectivity index (χ1) is 17.8. The summed E-state index contributed by atoms with van der Waals surface area (Å²) in [6, 6.07) is 4.03. The van der Waals surface area contributed by atoms with Gasteiger partial charge in [0.05, 0.1) is 11.2 Å². The van der Waals surface area contributed by atoms with E-state index in [4.69, 9.17) is 23.5 Å². The number of imide groups is 1. The van der Waals surface area contributed by atoms with Crippen LogP contribution in [-0.2, 0) is 34.7 Å². The van der Waals surface area contributed by atoms with Gasteiger partial charge in [0.2, 0.25) is 0 Å². The Labute approximate surface area is 247 Å². The van der Waals surface area contributed by atoms with Gasteiger partial charge in [0.25, 0.3) is 0 Å². The molecule has 0 radical (unpaired) electrons. The molecule has 1 heterocycles. The van der Waals surface area contributed by atoms with E-state index in [0.29, 0.717) is 15.9 Å². The standard InChI is InChI=1S/C29H45BBrNO8/c1-25(2,3)36-22(33)21(32(23(34)37-26(4,5)6)24(35)38-27(7,8)9)16-18-14-15-19(31)17-20(18)30-39-28(10,11)29(12,13)40-30/h14-15,17,21H,16H2,1-13H3. The maximum Gasteiger partial charge on any atom is 0.495 e. The molecule has 1 atom stereocenters. The molecule has 0 spiro atoms. The van der Waals surface area contributed by atoms with Gasteiger partial charge in [0.15, 0.2) is 0 Å². The number of halogens is 1. The minimum Gasteiger partial charge on any atom is -0.458 e. The number of ether oxygens (including phenoxy) is 3. The number of nitrogens with zero attached hydrogens (tertiary/aromatic N) is 1. The smallest absolute Gasteiger partial charge is 0.458 e. The van der Waals surface area contributed by atoms with Gasteiger partial charge in [-0.1, -0.05) is 22.0 Å². The van der Waals surface area contributed by atoms with Crippen LogP contribution < -0.4 is 5.46 Å². The van der Waals surface area contributed by atoms with Crippen LogP contribution >= 0.6 is 15.9 Å². The molecule has 0 N–H and O–H groups in total. The van der Waals surface area contributed by atoms with Crippen molar-refractivity contribution in [3.8, 4) is 0 Å². The van der Waals surface area contributed by atoms with Crippen molar-refractivity contribution < 1.29 is 37.9 Å². The molecular weight excluding hydrogens is 581 g/mol. The van der Waals surface area contributed by atoms with Crippen molar-refractivity contribution in [2.24, 2.45) is 0 Å². The van der Waals surface area contributed by atoms with E-state index in [0.717, 1.165) is 4.47 Å². The van der Waals surface area contributed by atoms with E-state index in [1.54, 1.807) is 68.4 Å². The summed E-state index contributed by atoms with van der Waals surface area (Å²) >= 11 is 3.52. The number of amides is 2. The minimum absolute atomic E-state index is 0.0971. The van der Waals surface area contributed by atoms with Crippen molar-refractivity contribution >= 4 is 46.7 Å². The molecule has 1 aliphatic rings. The van der Waals surface area contributed by atoms with Crippen LogP contribution in [0.25, 0.3) is 0 Å². The third-order valence-electron chi connectivity index (χ3n) is 6.20. The fourth-order valence-electron chi connectivity index (χ4n) is 3.75. The Morgan fingerprint density at radius 1 is 0.825 bits per heavy atom. The Balaban J connectivity index is 2.67. The predicted molar refractivity (Wildman–Crippen MR) is 158 cm³/mol. The minimum atomic E-state index is -1.41. The summed E-state index contributed by atoms with van der Waals surface area (Å²) < 4.78 is 30.2. The van der Waals surface area contributed by atoms with Crippen molar-refractivity contribution in [3.05, 3.63) is 28.2 Å². The summed E-state index contributed by atoms with van der Waals surface area (Å²) in [5, 5.41) is 0. The van der Waals surface area contributed by atoms with E-state index in [-0.39, 0.29) is 6.42 Å². The number of rotatable bonds is 5. The largest absolute Gasteiger partial charge is 0.495 e. The van der Waals surface area contributed by atoms with Crippen LogP contribution in [0.3, 0.4) is 0 Å². The lowest BCUT2D eigenvalue weighted by molar-refractivity contribution is -0.161. The normalized spacial score (nSPS) is 17.7. The number of hydrogen-bond donors (Lipinski definition) is 0. The highest BCUT2D eigenvalue weighted by Gasteiger charge is 2.52. The zero-order chi connectivity index (χ0) is 31.1. The van der Waals surface area contributed by atoms with E-state index >= 15 is 0 Å². The Hall–Kier alpha value is -2.11. The van der Waals surface area contributed by atoms with Gasteiger partial charge in [-0.3, -0.25) is 0 Å². The molecule has 224 valence electrons. The third-order valence-corrected chi connectivity index (χ3v) is 6.69. The summed E-state index contributed by atoms with van der Waals surface area (Å²) in [6.07, 6.45) is -2.14. The highest BCUT2D eigenvalue weighted by Crippen LogP contribution is 2.37. The average Bonchev–Trinajstić information content (AvgIpc) is 2.91. The highest BCUT2D eigenvalue weighted by molar-refractivity contribution is 9.10. The summed E-state index contributed by atoms with van der Waals surface area (Å²) in [6.45, 7) is 22.9. The van der Waals surface area contributed by atoms with Crippen LogP contribution in [-0.4, -0.2) is 64.2 Å². The SMILES string of the molecule is CC(C)(C)OC(=O)C(Cc1ccc(Br)cc1B1OC(C)(C)C(C)(C)O1)N(C(=O)OC(C)(C)C)C(=O)OC(C)(C)C. The molecule has 0 aromatic heterocycles. The van der Waals surface area contributed by atoms with Crippen molar-refractivity contribution in [2.75, 3.05) is 0 Å². The maximum absolute atomic E-state index is 13.7. The van der Waals surface area contributed by atoms with E-state index in [2.05, 4.69) is 15.9 Å². The molecule has 0 saturated carbocycles. The van der Waals surface area contributed by atoms with Gasteiger partial charge in [0, 0.05) is 10.9 Å². The van der Waals surface area contributed by atoms with Crippen LogP contribution in [0.15, 0.2) is 22.7 Å². The van der Waals surface area contributed by atoms with Crippen LogP contribution in [0, 0.1) is 0 Å². The summed E-state index contributed by atoms with van der Waals surface area (Å²) in [4.78, 5) is 41.4. The molecule has 40 heavy (non-hydrogen) atoms. The highest BCUT2D eigenvalue weighted by atomic mass is 79.9. The van der Waals surface area contributed by atoms with E-state index < -0.39 is 59.3 Å². The van der Waals surface area contributed by atoms with Gasteiger partial charge in [-0.2, -0.15) is 4.90 Å². The monoisotopic (exact) mass is 625 g/mol. The maximum atomic E-state index is 13.7. The summed E-state index contributed by atoms with van der Waals surface area (Å²) in [7, 11) is -0.756. The molecule has 1 unspecified atom stereocenters. The zero-order valence-corrected chi connectivity index (χ0v) is 27.8. The molecular formula is C29H45BBrNO8. The second kappa shape index (κ2) is 11.6. The lowest BCUT2D eigenvalue weighted by Gasteiger charge is -2.34. The lowest BCUT2D eigenvalue weighted by atomic mass is 9.74. The van der Waals surface area contributed by atoms with Crippen molar-refractivity contribution in [3.63, 3.8) is 0 Å². The molecule has 1 aliphatic heterocycles. The van der Waals surface area contributed by atoms with Crippen LogP contribution in [0.5, 0.6) is 0 Å². The molecule has 1 aromatic carbocycles.